The zero-order valence-electron chi connectivity index (χ0n) is 15.7. The minimum atomic E-state index is -0.0166. The Morgan fingerprint density at radius 2 is 2.00 bits per heavy atom. The lowest BCUT2D eigenvalue weighted by molar-refractivity contribution is 0.0827. The molecule has 2 aliphatic heterocycles. The number of hydrogen-bond acceptors (Lipinski definition) is 6. The molecular formula is C20H24N6O. The van der Waals surface area contributed by atoms with Gasteiger partial charge in [-0.25, -0.2) is 9.97 Å². The van der Waals surface area contributed by atoms with Crippen LogP contribution in [0.5, 0.6) is 0 Å². The summed E-state index contributed by atoms with van der Waals surface area (Å²) in [5.74, 6) is 0.702. The molecule has 1 saturated heterocycles. The summed E-state index contributed by atoms with van der Waals surface area (Å²) in [6.07, 6.45) is 3.68. The SMILES string of the molecule is CN(C)C(=O)c1ccc2c(c1)C(c1ccnc(N3CCC(N)CC3)n1)=NC2. The first-order valence-electron chi connectivity index (χ1n) is 9.26. The van der Waals surface area contributed by atoms with Gasteiger partial charge in [0, 0.05) is 50.6 Å². The van der Waals surface area contributed by atoms with Crippen LogP contribution in [0, 0.1) is 0 Å². The maximum Gasteiger partial charge on any atom is 0.253 e. The van der Waals surface area contributed by atoms with Gasteiger partial charge in [0.25, 0.3) is 5.91 Å². The molecule has 0 unspecified atom stereocenters. The molecule has 1 aromatic carbocycles. The average Bonchev–Trinajstić information content (AvgIpc) is 3.11. The van der Waals surface area contributed by atoms with E-state index in [2.05, 4.69) is 14.9 Å². The number of carbonyl (C=O) groups is 1. The molecule has 27 heavy (non-hydrogen) atoms. The van der Waals surface area contributed by atoms with Crippen molar-refractivity contribution in [3.63, 3.8) is 0 Å². The Bertz CT molecular complexity index is 899. The van der Waals surface area contributed by atoms with E-state index in [0.717, 1.165) is 54.4 Å². The molecule has 0 bridgehead atoms. The summed E-state index contributed by atoms with van der Waals surface area (Å²) in [5.41, 5.74) is 10.4. The molecule has 0 spiro atoms. The van der Waals surface area contributed by atoms with Crippen molar-refractivity contribution in [1.29, 1.82) is 0 Å². The predicted molar refractivity (Wildman–Crippen MR) is 105 cm³/mol. The quantitative estimate of drug-likeness (QED) is 0.891. The fraction of sp³-hybridized carbons (Fsp3) is 0.400. The zero-order chi connectivity index (χ0) is 19.0. The Morgan fingerprint density at radius 1 is 1.22 bits per heavy atom. The molecule has 2 N–H and O–H groups in total. The van der Waals surface area contributed by atoms with Crippen molar-refractivity contribution in [3.8, 4) is 0 Å². The molecule has 7 nitrogen and oxygen atoms in total. The van der Waals surface area contributed by atoms with Crippen LogP contribution < -0.4 is 10.6 Å². The molecule has 140 valence electrons. The van der Waals surface area contributed by atoms with Gasteiger partial charge in [0.2, 0.25) is 5.95 Å². The van der Waals surface area contributed by atoms with Crippen molar-refractivity contribution in [1.82, 2.24) is 14.9 Å². The number of aromatic nitrogens is 2. The lowest BCUT2D eigenvalue weighted by Crippen LogP contribution is -2.40. The van der Waals surface area contributed by atoms with Crippen molar-refractivity contribution in [2.45, 2.75) is 25.4 Å². The van der Waals surface area contributed by atoms with E-state index in [1.54, 1.807) is 25.2 Å². The van der Waals surface area contributed by atoms with Gasteiger partial charge in [-0.3, -0.25) is 9.79 Å². The first-order valence-corrected chi connectivity index (χ1v) is 9.26. The molecule has 0 radical (unpaired) electrons. The van der Waals surface area contributed by atoms with Crippen molar-refractivity contribution >= 4 is 17.6 Å². The third kappa shape index (κ3) is 3.42. The number of nitrogens with two attached hydrogens (primary N) is 1. The average molecular weight is 364 g/mol. The number of rotatable bonds is 3. The maximum absolute atomic E-state index is 12.3. The Balaban J connectivity index is 1.64. The molecule has 2 aliphatic rings. The van der Waals surface area contributed by atoms with Gasteiger partial charge >= 0.3 is 0 Å². The number of hydrogen-bond donors (Lipinski definition) is 1. The number of anilines is 1. The molecule has 1 amide bonds. The van der Waals surface area contributed by atoms with Crippen molar-refractivity contribution in [2.24, 2.45) is 10.7 Å². The van der Waals surface area contributed by atoms with Crippen molar-refractivity contribution in [2.75, 3.05) is 32.1 Å². The summed E-state index contributed by atoms with van der Waals surface area (Å²) in [6, 6.07) is 7.92. The first-order chi connectivity index (χ1) is 13.0. The molecule has 0 aliphatic carbocycles. The van der Waals surface area contributed by atoms with E-state index < -0.39 is 0 Å². The Kier molecular flexibility index (Phi) is 4.61. The number of amides is 1. The van der Waals surface area contributed by atoms with Gasteiger partial charge in [-0.05, 0) is 36.6 Å². The molecule has 7 heteroatoms. The van der Waals surface area contributed by atoms with Crippen LogP contribution in [0.25, 0.3) is 0 Å². The topological polar surface area (TPSA) is 87.7 Å². The van der Waals surface area contributed by atoms with Gasteiger partial charge < -0.3 is 15.5 Å². The number of piperidine rings is 1. The second kappa shape index (κ2) is 7.08. The van der Waals surface area contributed by atoms with Crippen LogP contribution in [0.2, 0.25) is 0 Å². The highest BCUT2D eigenvalue weighted by atomic mass is 16.2. The standard InChI is InChI=1S/C20H24N6O/c1-25(2)19(27)13-3-4-14-12-23-18(16(14)11-13)17-5-8-22-20(24-17)26-9-6-15(21)7-10-26/h3-5,8,11,15H,6-7,9-10,12,21H2,1-2H3. The van der Waals surface area contributed by atoms with E-state index in [-0.39, 0.29) is 11.9 Å². The molecule has 4 rings (SSSR count). The van der Waals surface area contributed by atoms with Crippen LogP contribution in [-0.4, -0.2) is 59.7 Å². The summed E-state index contributed by atoms with van der Waals surface area (Å²) in [6.45, 7) is 2.35. The van der Waals surface area contributed by atoms with Gasteiger partial charge in [0.15, 0.2) is 0 Å². The molecule has 1 fully saturated rings. The fourth-order valence-electron chi connectivity index (χ4n) is 3.53. The van der Waals surface area contributed by atoms with Crippen molar-refractivity contribution in [3.05, 3.63) is 52.8 Å². The fourth-order valence-corrected chi connectivity index (χ4v) is 3.53. The van der Waals surface area contributed by atoms with E-state index in [0.29, 0.717) is 12.1 Å². The highest BCUT2D eigenvalue weighted by molar-refractivity contribution is 6.15. The van der Waals surface area contributed by atoms with E-state index in [1.807, 2.05) is 24.3 Å². The lowest BCUT2D eigenvalue weighted by Gasteiger charge is -2.30. The van der Waals surface area contributed by atoms with Gasteiger partial charge in [-0.1, -0.05) is 6.07 Å². The van der Waals surface area contributed by atoms with Crippen LogP contribution in [-0.2, 0) is 6.54 Å². The summed E-state index contributed by atoms with van der Waals surface area (Å²) in [7, 11) is 3.51. The lowest BCUT2D eigenvalue weighted by atomic mass is 10.00. The van der Waals surface area contributed by atoms with Crippen LogP contribution >= 0.6 is 0 Å². The van der Waals surface area contributed by atoms with E-state index >= 15 is 0 Å². The third-order valence-electron chi connectivity index (χ3n) is 5.13. The Hall–Kier alpha value is -2.80. The molecular weight excluding hydrogens is 340 g/mol. The summed E-state index contributed by atoms with van der Waals surface area (Å²) in [4.78, 5) is 30.0. The largest absolute Gasteiger partial charge is 0.345 e. The van der Waals surface area contributed by atoms with Crippen LogP contribution in [0.3, 0.4) is 0 Å². The predicted octanol–water partition coefficient (Wildman–Crippen LogP) is 1.46. The molecule has 2 aromatic rings. The highest BCUT2D eigenvalue weighted by Crippen LogP contribution is 2.25. The third-order valence-corrected chi connectivity index (χ3v) is 5.13. The van der Waals surface area contributed by atoms with Gasteiger partial charge in [0.05, 0.1) is 18.0 Å². The number of aliphatic imine (C=N–C) groups is 1. The summed E-state index contributed by atoms with van der Waals surface area (Å²) in [5, 5.41) is 0. The molecule has 0 atom stereocenters. The molecule has 0 saturated carbocycles. The number of nitrogens with zero attached hydrogens (tertiary/aromatic N) is 5. The maximum atomic E-state index is 12.3. The van der Waals surface area contributed by atoms with E-state index in [1.165, 1.54) is 0 Å². The highest BCUT2D eigenvalue weighted by Gasteiger charge is 2.23. The molecule has 1 aromatic heterocycles. The van der Waals surface area contributed by atoms with Crippen molar-refractivity contribution < 1.29 is 4.79 Å². The summed E-state index contributed by atoms with van der Waals surface area (Å²) >= 11 is 0. The normalized spacial score (nSPS) is 16.9. The minimum absolute atomic E-state index is 0.0166. The smallest absolute Gasteiger partial charge is 0.253 e. The van der Waals surface area contributed by atoms with Gasteiger partial charge in [-0.2, -0.15) is 0 Å². The second-order valence-corrected chi connectivity index (χ2v) is 7.30. The minimum Gasteiger partial charge on any atom is -0.345 e. The van der Waals surface area contributed by atoms with E-state index in [9.17, 15) is 4.79 Å². The number of carbonyl (C=O) groups excluding carboxylic acids is 1. The zero-order valence-corrected chi connectivity index (χ0v) is 15.7. The van der Waals surface area contributed by atoms with Crippen LogP contribution in [0.4, 0.5) is 5.95 Å². The number of fused-ring (bicyclic) bond motifs is 1. The van der Waals surface area contributed by atoms with Gasteiger partial charge in [0.1, 0.15) is 0 Å². The summed E-state index contributed by atoms with van der Waals surface area (Å²) < 4.78 is 0. The number of benzene rings is 1. The Morgan fingerprint density at radius 3 is 2.74 bits per heavy atom. The van der Waals surface area contributed by atoms with Gasteiger partial charge in [-0.15, -0.1) is 0 Å². The van der Waals surface area contributed by atoms with Crippen LogP contribution in [0.15, 0.2) is 35.5 Å². The monoisotopic (exact) mass is 364 g/mol. The molecule has 3 heterocycles. The first kappa shape index (κ1) is 17.6. The second-order valence-electron chi connectivity index (χ2n) is 7.30. The van der Waals surface area contributed by atoms with E-state index in [4.69, 9.17) is 10.7 Å². The Labute approximate surface area is 158 Å². The van der Waals surface area contributed by atoms with Crippen LogP contribution in [0.1, 0.15) is 40.0 Å².